The average Bonchev–Trinajstić information content (AvgIpc) is 2.34. The Bertz CT molecular complexity index is 336. The molecule has 2 bridgehead atoms. The molecule has 14 heavy (non-hydrogen) atoms. The Kier molecular flexibility index (Phi) is 1.44. The van der Waals surface area contributed by atoms with Gasteiger partial charge >= 0.3 is 5.97 Å². The molecule has 0 unspecified atom stereocenters. The molecule has 0 spiro atoms. The number of carbonyl (C=O) groups is 2. The van der Waals surface area contributed by atoms with E-state index < -0.39 is 22.3 Å². The lowest BCUT2D eigenvalue weighted by molar-refractivity contribution is -0.166. The third-order valence-corrected chi connectivity index (χ3v) is 4.48. The van der Waals surface area contributed by atoms with Crippen molar-refractivity contribution in [2.45, 2.75) is 39.2 Å². The van der Waals surface area contributed by atoms with E-state index in [4.69, 9.17) is 10.5 Å². The summed E-state index contributed by atoms with van der Waals surface area (Å²) in [7, 11) is 0. The summed E-state index contributed by atoms with van der Waals surface area (Å²) in [5, 5.41) is 0. The van der Waals surface area contributed by atoms with Crippen LogP contribution in [0.25, 0.3) is 0 Å². The van der Waals surface area contributed by atoms with E-state index in [1.165, 1.54) is 0 Å². The predicted molar refractivity (Wildman–Crippen MR) is 49.1 cm³/mol. The zero-order valence-electron chi connectivity index (χ0n) is 8.72. The van der Waals surface area contributed by atoms with Crippen LogP contribution in [-0.2, 0) is 14.3 Å². The first-order valence-electron chi connectivity index (χ1n) is 4.81. The van der Waals surface area contributed by atoms with Gasteiger partial charge in [-0.15, -0.1) is 0 Å². The quantitative estimate of drug-likeness (QED) is 0.625. The van der Waals surface area contributed by atoms with Crippen molar-refractivity contribution in [1.82, 2.24) is 0 Å². The second kappa shape index (κ2) is 2.12. The fourth-order valence-electron chi connectivity index (χ4n) is 2.78. The molecular formula is C10H15NO3. The number of hydrogen-bond acceptors (Lipinski definition) is 3. The first-order chi connectivity index (χ1) is 6.28. The molecule has 4 nitrogen and oxygen atoms in total. The number of rotatable bonds is 1. The zero-order chi connectivity index (χ0) is 10.8. The maximum Gasteiger partial charge on any atom is 0.313 e. The Morgan fingerprint density at radius 2 is 1.93 bits per heavy atom. The number of carbonyl (C=O) groups excluding carboxylic acids is 2. The van der Waals surface area contributed by atoms with E-state index in [0.717, 1.165) is 0 Å². The van der Waals surface area contributed by atoms with Crippen molar-refractivity contribution in [2.75, 3.05) is 0 Å². The van der Waals surface area contributed by atoms with Crippen molar-refractivity contribution >= 4 is 11.9 Å². The molecule has 2 aliphatic rings. The van der Waals surface area contributed by atoms with Gasteiger partial charge < -0.3 is 10.5 Å². The summed E-state index contributed by atoms with van der Waals surface area (Å²) in [6, 6.07) is 0. The van der Waals surface area contributed by atoms with Crippen LogP contribution in [0.1, 0.15) is 33.6 Å². The molecule has 0 radical (unpaired) electrons. The first-order valence-corrected chi connectivity index (χ1v) is 4.81. The average molecular weight is 197 g/mol. The molecule has 1 saturated heterocycles. The second-order valence-electron chi connectivity index (χ2n) is 5.04. The normalized spacial score (nSPS) is 43.8. The molecule has 4 heteroatoms. The molecule has 0 aromatic carbocycles. The van der Waals surface area contributed by atoms with Crippen LogP contribution in [0.5, 0.6) is 0 Å². The second-order valence-corrected chi connectivity index (χ2v) is 5.04. The van der Waals surface area contributed by atoms with Gasteiger partial charge in [0.1, 0.15) is 0 Å². The highest BCUT2D eigenvalue weighted by Gasteiger charge is 2.75. The topological polar surface area (TPSA) is 69.4 Å². The van der Waals surface area contributed by atoms with Gasteiger partial charge in [0, 0.05) is 5.41 Å². The molecule has 2 fully saturated rings. The van der Waals surface area contributed by atoms with E-state index in [0.29, 0.717) is 12.8 Å². The van der Waals surface area contributed by atoms with Gasteiger partial charge in [-0.3, -0.25) is 9.59 Å². The van der Waals surface area contributed by atoms with Gasteiger partial charge in [0.2, 0.25) is 0 Å². The molecule has 1 aliphatic heterocycles. The van der Waals surface area contributed by atoms with Crippen LogP contribution >= 0.6 is 0 Å². The highest BCUT2D eigenvalue weighted by atomic mass is 16.6. The Morgan fingerprint density at radius 3 is 2.14 bits per heavy atom. The summed E-state index contributed by atoms with van der Waals surface area (Å²) >= 11 is 0. The van der Waals surface area contributed by atoms with Gasteiger partial charge in [-0.05, 0) is 19.8 Å². The highest BCUT2D eigenvalue weighted by molar-refractivity contribution is 5.95. The molecule has 2 rings (SSSR count). The Labute approximate surface area is 82.8 Å². The minimum atomic E-state index is -1.07. The van der Waals surface area contributed by atoms with E-state index in [-0.39, 0.29) is 5.97 Å². The van der Waals surface area contributed by atoms with Gasteiger partial charge in [0.25, 0.3) is 5.91 Å². The largest absolute Gasteiger partial charge is 0.448 e. The fraction of sp³-hybridized carbons (Fsp3) is 0.800. The molecule has 1 aliphatic carbocycles. The molecule has 1 saturated carbocycles. The van der Waals surface area contributed by atoms with Gasteiger partial charge in [-0.2, -0.15) is 0 Å². The molecule has 0 aromatic heterocycles. The van der Waals surface area contributed by atoms with Crippen molar-refractivity contribution in [2.24, 2.45) is 16.6 Å². The SMILES string of the molecule is CC1(C)[C@@]2(C(N)=O)CC[C@]1(C)C(=O)O2. The van der Waals surface area contributed by atoms with Crippen LogP contribution in [0.2, 0.25) is 0 Å². The monoisotopic (exact) mass is 197 g/mol. The maximum atomic E-state index is 11.7. The number of ether oxygens (including phenoxy) is 1. The maximum absolute atomic E-state index is 11.7. The van der Waals surface area contributed by atoms with Gasteiger partial charge in [0.05, 0.1) is 5.41 Å². The van der Waals surface area contributed by atoms with Crippen molar-refractivity contribution in [3.8, 4) is 0 Å². The van der Waals surface area contributed by atoms with Crippen LogP contribution < -0.4 is 5.73 Å². The summed E-state index contributed by atoms with van der Waals surface area (Å²) in [6.07, 6.45) is 1.24. The van der Waals surface area contributed by atoms with Gasteiger partial charge in [0.15, 0.2) is 5.60 Å². The molecule has 78 valence electrons. The summed E-state index contributed by atoms with van der Waals surface area (Å²) in [4.78, 5) is 23.1. The lowest BCUT2D eigenvalue weighted by atomic mass is 9.66. The van der Waals surface area contributed by atoms with Crippen LogP contribution in [0.4, 0.5) is 0 Å². The number of esters is 1. The van der Waals surface area contributed by atoms with Crippen LogP contribution in [0.3, 0.4) is 0 Å². The number of amides is 1. The molecule has 2 N–H and O–H groups in total. The molecule has 1 heterocycles. The Balaban J connectivity index is 2.60. The fourth-order valence-corrected chi connectivity index (χ4v) is 2.78. The first kappa shape index (κ1) is 9.49. The number of primary amides is 1. The minimum absolute atomic E-state index is 0.285. The van der Waals surface area contributed by atoms with Gasteiger partial charge in [-0.25, -0.2) is 0 Å². The molecule has 1 amide bonds. The lowest BCUT2D eigenvalue weighted by Gasteiger charge is -2.33. The van der Waals surface area contributed by atoms with Crippen LogP contribution in [0, 0.1) is 10.8 Å². The van der Waals surface area contributed by atoms with E-state index in [2.05, 4.69) is 0 Å². The van der Waals surface area contributed by atoms with Crippen LogP contribution in [0.15, 0.2) is 0 Å². The molecular weight excluding hydrogens is 182 g/mol. The minimum Gasteiger partial charge on any atom is -0.448 e. The van der Waals surface area contributed by atoms with E-state index in [1.54, 1.807) is 0 Å². The van der Waals surface area contributed by atoms with Crippen molar-refractivity contribution < 1.29 is 14.3 Å². The number of nitrogens with two attached hydrogens (primary N) is 1. The lowest BCUT2D eigenvalue weighted by Crippen LogP contribution is -2.51. The Hall–Kier alpha value is -1.06. The third-order valence-electron chi connectivity index (χ3n) is 4.48. The van der Waals surface area contributed by atoms with E-state index in [1.807, 2.05) is 20.8 Å². The molecule has 0 aromatic rings. The third kappa shape index (κ3) is 0.645. The number of fused-ring (bicyclic) bond motifs is 2. The zero-order valence-corrected chi connectivity index (χ0v) is 8.72. The van der Waals surface area contributed by atoms with Crippen molar-refractivity contribution in [3.05, 3.63) is 0 Å². The summed E-state index contributed by atoms with van der Waals surface area (Å²) in [5.74, 6) is -0.801. The summed E-state index contributed by atoms with van der Waals surface area (Å²) in [5.41, 5.74) is 3.23. The van der Waals surface area contributed by atoms with Crippen molar-refractivity contribution in [1.29, 1.82) is 0 Å². The highest BCUT2D eigenvalue weighted by Crippen LogP contribution is 2.65. The van der Waals surface area contributed by atoms with Gasteiger partial charge in [-0.1, -0.05) is 13.8 Å². The summed E-state index contributed by atoms with van der Waals surface area (Å²) < 4.78 is 5.21. The summed E-state index contributed by atoms with van der Waals surface area (Å²) in [6.45, 7) is 5.62. The number of hydrogen-bond donors (Lipinski definition) is 1. The predicted octanol–water partition coefficient (Wildman–Crippen LogP) is 0.594. The van der Waals surface area contributed by atoms with E-state index in [9.17, 15) is 9.59 Å². The standard InChI is InChI=1S/C10H15NO3/c1-8(2)9(3)4-5-10(8,6(11)12)14-7(9)13/h4-5H2,1-3H3,(H2,11,12)/t9-,10+/m1/s1. The molecule has 2 atom stereocenters. The van der Waals surface area contributed by atoms with Crippen LogP contribution in [-0.4, -0.2) is 17.5 Å². The van der Waals surface area contributed by atoms with Crippen molar-refractivity contribution in [3.63, 3.8) is 0 Å². The Morgan fingerprint density at radius 1 is 1.36 bits per heavy atom. The van der Waals surface area contributed by atoms with E-state index >= 15 is 0 Å². The smallest absolute Gasteiger partial charge is 0.313 e.